The second-order valence-electron chi connectivity index (χ2n) is 7.58. The van der Waals surface area contributed by atoms with Gasteiger partial charge < -0.3 is 14.8 Å². The summed E-state index contributed by atoms with van der Waals surface area (Å²) in [5.41, 5.74) is 1.58. The number of nitrogens with one attached hydrogen (secondary N) is 2. The number of hydrogen-bond donors (Lipinski definition) is 2. The molecule has 3 heterocycles. The van der Waals surface area contributed by atoms with Crippen LogP contribution in [0.2, 0.25) is 0 Å². The second-order valence-corrected chi connectivity index (χ2v) is 7.58. The van der Waals surface area contributed by atoms with E-state index in [1.165, 1.54) is 19.3 Å². The lowest BCUT2D eigenvalue weighted by Crippen LogP contribution is -2.29. The zero-order valence-electron chi connectivity index (χ0n) is 16.4. The van der Waals surface area contributed by atoms with Crippen molar-refractivity contribution in [2.45, 2.75) is 51.7 Å². The van der Waals surface area contributed by atoms with Crippen LogP contribution in [0.15, 0.2) is 24.5 Å². The van der Waals surface area contributed by atoms with Gasteiger partial charge >= 0.3 is 6.03 Å². The first kappa shape index (κ1) is 18.7. The highest BCUT2D eigenvalue weighted by Gasteiger charge is 2.25. The highest BCUT2D eigenvalue weighted by Crippen LogP contribution is 2.32. The monoisotopic (exact) mass is 385 g/mol. The van der Waals surface area contributed by atoms with E-state index < -0.39 is 0 Å². The van der Waals surface area contributed by atoms with Gasteiger partial charge in [0.25, 0.3) is 0 Å². The Bertz CT molecular complexity index is 827. The molecule has 0 spiro atoms. The van der Waals surface area contributed by atoms with Gasteiger partial charge in [0.15, 0.2) is 0 Å². The molecule has 2 fully saturated rings. The molecule has 1 aliphatic heterocycles. The summed E-state index contributed by atoms with van der Waals surface area (Å²) in [6.07, 6.45) is 8.14. The number of carbonyl (C=O) groups is 1. The second kappa shape index (κ2) is 8.18. The molecule has 2 atom stereocenters. The van der Waals surface area contributed by atoms with Crippen molar-refractivity contribution in [1.29, 1.82) is 0 Å². The van der Waals surface area contributed by atoms with E-state index in [9.17, 15) is 4.79 Å². The number of ether oxygens (including phenoxy) is 2. The number of carbonyl (C=O) groups excluding carboxylic acids is 1. The maximum absolute atomic E-state index is 12.4. The largest absolute Gasteiger partial charge is 0.490 e. The molecule has 2 amide bonds. The van der Waals surface area contributed by atoms with Gasteiger partial charge in [-0.2, -0.15) is 5.10 Å². The molecule has 8 heteroatoms. The summed E-state index contributed by atoms with van der Waals surface area (Å²) in [4.78, 5) is 16.6. The van der Waals surface area contributed by atoms with E-state index in [0.29, 0.717) is 24.0 Å². The number of nitrogens with zero attached hydrogens (tertiary/aromatic N) is 3. The predicted molar refractivity (Wildman–Crippen MR) is 106 cm³/mol. The van der Waals surface area contributed by atoms with Crippen molar-refractivity contribution in [3.8, 4) is 5.75 Å². The highest BCUT2D eigenvalue weighted by molar-refractivity contribution is 5.99. The Morgan fingerprint density at radius 1 is 1.36 bits per heavy atom. The molecular formula is C20H27N5O3. The zero-order chi connectivity index (χ0) is 19.5. The molecule has 2 aliphatic rings. The van der Waals surface area contributed by atoms with E-state index in [1.807, 2.05) is 17.7 Å². The quantitative estimate of drug-likeness (QED) is 0.790. The number of aromatic nitrogens is 3. The van der Waals surface area contributed by atoms with Gasteiger partial charge in [-0.3, -0.25) is 10.00 Å². The van der Waals surface area contributed by atoms with Gasteiger partial charge in [0, 0.05) is 18.9 Å². The average Bonchev–Trinajstić information content (AvgIpc) is 3.24. The Balaban J connectivity index is 1.35. The van der Waals surface area contributed by atoms with Crippen molar-refractivity contribution in [1.82, 2.24) is 14.8 Å². The Labute approximate surface area is 164 Å². The van der Waals surface area contributed by atoms with Crippen LogP contribution in [-0.2, 0) is 4.74 Å². The molecular weight excluding hydrogens is 358 g/mol. The summed E-state index contributed by atoms with van der Waals surface area (Å²) in [5.74, 6) is 1.79. The van der Waals surface area contributed by atoms with Crippen molar-refractivity contribution in [3.05, 3.63) is 30.2 Å². The summed E-state index contributed by atoms with van der Waals surface area (Å²) in [7, 11) is 0. The van der Waals surface area contributed by atoms with Crippen LogP contribution in [-0.4, -0.2) is 40.1 Å². The summed E-state index contributed by atoms with van der Waals surface area (Å²) in [6, 6.07) is 3.44. The van der Waals surface area contributed by atoms with Crippen LogP contribution in [0.3, 0.4) is 0 Å². The van der Waals surface area contributed by atoms with Gasteiger partial charge in [0.2, 0.25) is 0 Å². The molecule has 0 bridgehead atoms. The van der Waals surface area contributed by atoms with Crippen molar-refractivity contribution in [3.63, 3.8) is 0 Å². The van der Waals surface area contributed by atoms with E-state index in [0.717, 1.165) is 24.5 Å². The van der Waals surface area contributed by atoms with Crippen LogP contribution in [0, 0.1) is 12.8 Å². The smallest absolute Gasteiger partial charge is 0.324 e. The average molecular weight is 385 g/mol. The number of urea groups is 1. The van der Waals surface area contributed by atoms with E-state index in [1.54, 1.807) is 18.5 Å². The minimum atomic E-state index is -0.359. The fourth-order valence-electron chi connectivity index (χ4n) is 3.67. The summed E-state index contributed by atoms with van der Waals surface area (Å²) >= 11 is 0. The van der Waals surface area contributed by atoms with Gasteiger partial charge in [-0.05, 0) is 45.1 Å². The molecule has 1 saturated carbocycles. The fourth-order valence-corrected chi connectivity index (χ4v) is 3.67. The topological polar surface area (TPSA) is 90.3 Å². The Kier molecular flexibility index (Phi) is 5.47. The first-order valence-corrected chi connectivity index (χ1v) is 9.92. The number of anilines is 2. The lowest BCUT2D eigenvalue weighted by molar-refractivity contribution is 0.0989. The van der Waals surface area contributed by atoms with Crippen LogP contribution < -0.4 is 15.4 Å². The van der Waals surface area contributed by atoms with E-state index in [2.05, 4.69) is 27.6 Å². The van der Waals surface area contributed by atoms with E-state index >= 15 is 0 Å². The normalized spacial score (nSPS) is 20.4. The van der Waals surface area contributed by atoms with Gasteiger partial charge in [-0.25, -0.2) is 9.78 Å². The molecule has 1 saturated heterocycles. The maximum atomic E-state index is 12.4. The molecule has 0 radical (unpaired) electrons. The molecule has 0 aromatic carbocycles. The third-order valence-electron chi connectivity index (χ3n) is 5.65. The summed E-state index contributed by atoms with van der Waals surface area (Å²) in [6.45, 7) is 5.44. The molecule has 1 aliphatic carbocycles. The minimum Gasteiger partial charge on any atom is -0.490 e. The maximum Gasteiger partial charge on any atom is 0.324 e. The van der Waals surface area contributed by atoms with Crippen LogP contribution in [0.25, 0.3) is 0 Å². The molecule has 150 valence electrons. The van der Waals surface area contributed by atoms with Crippen LogP contribution in [0.1, 0.15) is 44.3 Å². The third kappa shape index (κ3) is 4.11. The van der Waals surface area contributed by atoms with Gasteiger partial charge in [0.05, 0.1) is 36.3 Å². The standard InChI is InChI=1S/C20H27N5O3/c1-13-18(11-22-25(13)16-7-9-27-12-16)23-20(26)24-19-10-17(6-8-21-19)28-14(2)15-4-3-5-15/h6,8,10-11,14-16H,3-5,7,9,12H2,1-2H3,(H2,21,23,24,26). The van der Waals surface area contributed by atoms with E-state index in [-0.39, 0.29) is 18.2 Å². The molecule has 2 aromatic rings. The molecule has 28 heavy (non-hydrogen) atoms. The number of hydrogen-bond acceptors (Lipinski definition) is 5. The Morgan fingerprint density at radius 2 is 2.21 bits per heavy atom. The molecule has 4 rings (SSSR count). The fraction of sp³-hybridized carbons (Fsp3) is 0.550. The lowest BCUT2D eigenvalue weighted by Gasteiger charge is -2.31. The third-order valence-corrected chi connectivity index (χ3v) is 5.65. The van der Waals surface area contributed by atoms with Gasteiger partial charge in [0.1, 0.15) is 11.6 Å². The summed E-state index contributed by atoms with van der Waals surface area (Å²) in [5, 5.41) is 10.0. The SMILES string of the molecule is Cc1c(NC(=O)Nc2cc(OC(C)C3CCC3)ccn2)cnn1C1CCOC1. The van der Waals surface area contributed by atoms with Gasteiger partial charge in [-0.15, -0.1) is 0 Å². The number of amides is 2. The molecule has 8 nitrogen and oxygen atoms in total. The Morgan fingerprint density at radius 3 is 2.93 bits per heavy atom. The van der Waals surface area contributed by atoms with Crippen molar-refractivity contribution < 1.29 is 14.3 Å². The van der Waals surface area contributed by atoms with Crippen LogP contribution in [0.5, 0.6) is 5.75 Å². The van der Waals surface area contributed by atoms with Crippen molar-refractivity contribution in [2.75, 3.05) is 23.8 Å². The van der Waals surface area contributed by atoms with E-state index in [4.69, 9.17) is 9.47 Å². The molecule has 2 aromatic heterocycles. The van der Waals surface area contributed by atoms with Crippen LogP contribution >= 0.6 is 0 Å². The van der Waals surface area contributed by atoms with Crippen LogP contribution in [0.4, 0.5) is 16.3 Å². The highest BCUT2D eigenvalue weighted by atomic mass is 16.5. The summed E-state index contributed by atoms with van der Waals surface area (Å²) < 4.78 is 13.3. The van der Waals surface area contributed by atoms with Crippen molar-refractivity contribution in [2.24, 2.45) is 5.92 Å². The lowest BCUT2D eigenvalue weighted by atomic mass is 9.82. The molecule has 2 N–H and O–H groups in total. The first-order chi connectivity index (χ1) is 13.6. The number of rotatable bonds is 6. The number of pyridine rings is 1. The zero-order valence-corrected chi connectivity index (χ0v) is 16.4. The van der Waals surface area contributed by atoms with Gasteiger partial charge in [-0.1, -0.05) is 6.42 Å². The Hall–Kier alpha value is -2.61. The van der Waals surface area contributed by atoms with Crippen molar-refractivity contribution >= 4 is 17.5 Å². The molecule has 2 unspecified atom stereocenters. The first-order valence-electron chi connectivity index (χ1n) is 9.92. The minimum absolute atomic E-state index is 0.172. The predicted octanol–water partition coefficient (Wildman–Crippen LogP) is 3.76.